The second kappa shape index (κ2) is 5.97. The van der Waals surface area contributed by atoms with E-state index in [1.807, 2.05) is 12.1 Å². The number of rotatable bonds is 4. The van der Waals surface area contributed by atoms with Crippen LogP contribution in [0.2, 0.25) is 0 Å². The number of carbonyl (C=O) groups excluding carboxylic acids is 1. The summed E-state index contributed by atoms with van der Waals surface area (Å²) in [5, 5.41) is 28.8. The van der Waals surface area contributed by atoms with Crippen LogP contribution in [0.5, 0.6) is 11.5 Å². The molecule has 0 aliphatic rings. The Morgan fingerprint density at radius 1 is 0.952 bits per heavy atom. The maximum absolute atomic E-state index is 11.0. The first-order valence-electron chi connectivity index (χ1n) is 6.66. The Balaban J connectivity index is 2.41. The number of carbonyl (C=O) groups is 1. The quantitative estimate of drug-likeness (QED) is 0.755. The van der Waals surface area contributed by atoms with E-state index in [0.717, 1.165) is 11.1 Å². The van der Waals surface area contributed by atoms with Crippen molar-refractivity contribution in [3.05, 3.63) is 57.6 Å². The summed E-state index contributed by atoms with van der Waals surface area (Å²) >= 11 is 0. The molecule has 2 rings (SSSR count). The number of aldehydes is 1. The average molecular weight is 286 g/mol. The number of aliphatic hydroxyl groups excluding tert-OH is 1. The minimum absolute atomic E-state index is 0.00619. The number of hydrogen-bond donors (Lipinski definition) is 3. The van der Waals surface area contributed by atoms with Gasteiger partial charge in [0.25, 0.3) is 0 Å². The molecule has 0 fully saturated rings. The van der Waals surface area contributed by atoms with Crippen molar-refractivity contribution in [1.29, 1.82) is 0 Å². The third-order valence-corrected chi connectivity index (χ3v) is 3.53. The number of phenolic OH excluding ortho intramolecular Hbond substituents is 1. The lowest BCUT2D eigenvalue weighted by Crippen LogP contribution is -1.96. The van der Waals surface area contributed by atoms with Crippen LogP contribution in [0.4, 0.5) is 0 Å². The Labute approximate surface area is 123 Å². The van der Waals surface area contributed by atoms with Gasteiger partial charge in [-0.25, -0.2) is 0 Å². The highest BCUT2D eigenvalue weighted by Crippen LogP contribution is 2.27. The molecule has 0 saturated carbocycles. The summed E-state index contributed by atoms with van der Waals surface area (Å²) in [5.41, 5.74) is 3.91. The Kier molecular flexibility index (Phi) is 4.29. The smallest absolute Gasteiger partial charge is 0.153 e. The Morgan fingerprint density at radius 2 is 1.52 bits per heavy atom. The Bertz CT molecular complexity index is 690. The largest absolute Gasteiger partial charge is 0.507 e. The molecule has 0 atom stereocenters. The molecule has 2 aromatic rings. The summed E-state index contributed by atoms with van der Waals surface area (Å²) in [6.07, 6.45) is 1.18. The monoisotopic (exact) mass is 286 g/mol. The molecule has 3 N–H and O–H groups in total. The van der Waals surface area contributed by atoms with E-state index in [1.165, 1.54) is 0 Å². The van der Waals surface area contributed by atoms with Crippen LogP contribution in [0, 0.1) is 13.8 Å². The number of aromatic hydroxyl groups is 2. The number of phenols is 2. The van der Waals surface area contributed by atoms with Crippen molar-refractivity contribution in [1.82, 2.24) is 0 Å². The molecule has 0 bridgehead atoms. The summed E-state index contributed by atoms with van der Waals surface area (Å²) in [7, 11) is 0. The minimum Gasteiger partial charge on any atom is -0.507 e. The molecule has 0 unspecified atom stereocenters. The van der Waals surface area contributed by atoms with E-state index in [0.29, 0.717) is 29.4 Å². The molecule has 110 valence electrons. The first-order chi connectivity index (χ1) is 9.96. The van der Waals surface area contributed by atoms with Crippen molar-refractivity contribution in [2.75, 3.05) is 0 Å². The predicted octanol–water partition coefficient (Wildman–Crippen LogP) is 2.61. The number of hydrogen-bond acceptors (Lipinski definition) is 4. The van der Waals surface area contributed by atoms with E-state index < -0.39 is 0 Å². The van der Waals surface area contributed by atoms with Gasteiger partial charge in [0.2, 0.25) is 0 Å². The molecule has 0 aliphatic carbocycles. The van der Waals surface area contributed by atoms with Crippen molar-refractivity contribution < 1.29 is 20.1 Å². The fourth-order valence-corrected chi connectivity index (χ4v) is 2.47. The van der Waals surface area contributed by atoms with Gasteiger partial charge in [-0.2, -0.15) is 0 Å². The van der Waals surface area contributed by atoms with E-state index in [4.69, 9.17) is 0 Å². The van der Waals surface area contributed by atoms with Gasteiger partial charge in [0, 0.05) is 5.56 Å². The summed E-state index contributed by atoms with van der Waals surface area (Å²) in [6, 6.07) is 7.06. The SMILES string of the molecule is Cc1cc(Cc2cc(C)c(O)c(CO)c2)cc(C=O)c1O. The van der Waals surface area contributed by atoms with Gasteiger partial charge < -0.3 is 15.3 Å². The lowest BCUT2D eigenvalue weighted by molar-refractivity contribution is 0.112. The second-order valence-electron chi connectivity index (χ2n) is 5.22. The van der Waals surface area contributed by atoms with Gasteiger partial charge in [-0.1, -0.05) is 12.1 Å². The minimum atomic E-state index is -0.227. The van der Waals surface area contributed by atoms with Crippen LogP contribution >= 0.6 is 0 Å². The lowest BCUT2D eigenvalue weighted by Gasteiger charge is -2.11. The van der Waals surface area contributed by atoms with Crippen LogP contribution in [0.15, 0.2) is 24.3 Å². The van der Waals surface area contributed by atoms with Gasteiger partial charge >= 0.3 is 0 Å². The Morgan fingerprint density at radius 3 is 2.10 bits per heavy atom. The highest BCUT2D eigenvalue weighted by atomic mass is 16.3. The predicted molar refractivity (Wildman–Crippen MR) is 79.8 cm³/mol. The standard InChI is InChI=1S/C17H18O4/c1-10-3-12(6-14(8-18)16(10)20)5-13-4-11(2)17(21)15(7-13)9-19/h3-4,6-8,19-21H,5,9H2,1-2H3. The summed E-state index contributed by atoms with van der Waals surface area (Å²) in [6.45, 7) is 3.29. The van der Waals surface area contributed by atoms with E-state index >= 15 is 0 Å². The zero-order valence-corrected chi connectivity index (χ0v) is 12.1. The number of aryl methyl sites for hydroxylation is 2. The van der Waals surface area contributed by atoms with Crippen LogP contribution in [-0.2, 0) is 13.0 Å². The molecule has 0 heterocycles. The van der Waals surface area contributed by atoms with Gasteiger partial charge in [0.1, 0.15) is 11.5 Å². The molecule has 21 heavy (non-hydrogen) atoms. The average Bonchev–Trinajstić information content (AvgIpc) is 2.46. The van der Waals surface area contributed by atoms with Crippen LogP contribution in [-0.4, -0.2) is 21.6 Å². The topological polar surface area (TPSA) is 77.8 Å². The van der Waals surface area contributed by atoms with Gasteiger partial charge in [-0.15, -0.1) is 0 Å². The molecule has 2 aromatic carbocycles. The maximum Gasteiger partial charge on any atom is 0.153 e. The van der Waals surface area contributed by atoms with E-state index in [2.05, 4.69) is 0 Å². The molecular formula is C17H18O4. The fraction of sp³-hybridized carbons (Fsp3) is 0.235. The third kappa shape index (κ3) is 3.06. The number of aliphatic hydroxyl groups is 1. The van der Waals surface area contributed by atoms with E-state index in [1.54, 1.807) is 26.0 Å². The molecular weight excluding hydrogens is 268 g/mol. The van der Waals surface area contributed by atoms with Crippen LogP contribution in [0.3, 0.4) is 0 Å². The van der Waals surface area contributed by atoms with Crippen molar-refractivity contribution in [2.45, 2.75) is 26.9 Å². The van der Waals surface area contributed by atoms with Crippen molar-refractivity contribution in [2.24, 2.45) is 0 Å². The van der Waals surface area contributed by atoms with Gasteiger partial charge in [0.15, 0.2) is 6.29 Å². The van der Waals surface area contributed by atoms with Crippen LogP contribution in [0.1, 0.15) is 38.2 Å². The molecule has 4 heteroatoms. The zero-order valence-electron chi connectivity index (χ0n) is 12.1. The van der Waals surface area contributed by atoms with Gasteiger partial charge in [0.05, 0.1) is 12.2 Å². The number of benzene rings is 2. The summed E-state index contributed by atoms with van der Waals surface area (Å²) < 4.78 is 0. The molecule has 0 saturated heterocycles. The first kappa shape index (κ1) is 15.1. The van der Waals surface area contributed by atoms with Gasteiger partial charge in [-0.3, -0.25) is 4.79 Å². The first-order valence-corrected chi connectivity index (χ1v) is 6.66. The van der Waals surface area contributed by atoms with Crippen molar-refractivity contribution in [3.63, 3.8) is 0 Å². The summed E-state index contributed by atoms with van der Waals surface area (Å²) in [4.78, 5) is 11.0. The molecule has 0 aromatic heterocycles. The molecule has 0 amide bonds. The highest BCUT2D eigenvalue weighted by molar-refractivity contribution is 5.80. The molecule has 0 aliphatic heterocycles. The van der Waals surface area contributed by atoms with Crippen LogP contribution in [0.25, 0.3) is 0 Å². The summed E-state index contributed by atoms with van der Waals surface area (Å²) in [5.74, 6) is 0.114. The highest BCUT2D eigenvalue weighted by Gasteiger charge is 2.10. The Hall–Kier alpha value is -2.33. The van der Waals surface area contributed by atoms with Crippen LogP contribution < -0.4 is 0 Å². The van der Waals surface area contributed by atoms with E-state index in [-0.39, 0.29) is 23.7 Å². The van der Waals surface area contributed by atoms with Gasteiger partial charge in [-0.05, 0) is 54.7 Å². The lowest BCUT2D eigenvalue weighted by atomic mass is 9.97. The zero-order chi connectivity index (χ0) is 15.6. The van der Waals surface area contributed by atoms with E-state index in [9.17, 15) is 20.1 Å². The maximum atomic E-state index is 11.0. The fourth-order valence-electron chi connectivity index (χ4n) is 2.47. The molecule has 4 nitrogen and oxygen atoms in total. The van der Waals surface area contributed by atoms with Crippen molar-refractivity contribution >= 4 is 6.29 Å². The molecule has 0 radical (unpaired) electrons. The normalized spacial score (nSPS) is 10.6. The second-order valence-corrected chi connectivity index (χ2v) is 5.22. The van der Waals surface area contributed by atoms with Crippen molar-refractivity contribution in [3.8, 4) is 11.5 Å². The molecule has 0 spiro atoms. The third-order valence-electron chi connectivity index (χ3n) is 3.53.